The van der Waals surface area contributed by atoms with Crippen molar-refractivity contribution in [3.05, 3.63) is 75.4 Å². The van der Waals surface area contributed by atoms with E-state index in [0.717, 1.165) is 5.56 Å². The molecule has 3 aromatic rings. The first-order valence-corrected chi connectivity index (χ1v) is 7.46. The highest BCUT2D eigenvalue weighted by Crippen LogP contribution is 2.24. The molecule has 0 aliphatic carbocycles. The summed E-state index contributed by atoms with van der Waals surface area (Å²) in [6.07, 6.45) is 0. The van der Waals surface area contributed by atoms with Crippen molar-refractivity contribution in [1.82, 2.24) is 9.78 Å². The molecule has 0 bridgehead atoms. The van der Waals surface area contributed by atoms with E-state index in [1.807, 2.05) is 18.2 Å². The van der Waals surface area contributed by atoms with Crippen LogP contribution in [0.2, 0.25) is 5.02 Å². The number of carbonyl (C=O) groups excluding carboxylic acids is 1. The fraction of sp³-hybridized carbons (Fsp3) is 0.118. The molecular weight excluding hydrogens is 332 g/mol. The van der Waals surface area contributed by atoms with Crippen LogP contribution in [0.25, 0.3) is 11.3 Å². The molecule has 0 fully saturated rings. The second-order valence-corrected chi connectivity index (χ2v) is 5.36. The Labute approximate surface area is 142 Å². The van der Waals surface area contributed by atoms with Crippen LogP contribution in [0.3, 0.4) is 0 Å². The van der Waals surface area contributed by atoms with E-state index < -0.39 is 5.97 Å². The van der Waals surface area contributed by atoms with Gasteiger partial charge < -0.3 is 9.15 Å². The number of esters is 1. The summed E-state index contributed by atoms with van der Waals surface area (Å²) >= 11 is 6.17. The van der Waals surface area contributed by atoms with Gasteiger partial charge in [-0.2, -0.15) is 5.10 Å². The average Bonchev–Trinajstić information content (AvgIpc) is 3.05. The number of ether oxygens (including phenoxy) is 1. The lowest BCUT2D eigenvalue weighted by molar-refractivity contribution is 0.0562. The van der Waals surface area contributed by atoms with Crippen molar-refractivity contribution in [1.29, 1.82) is 0 Å². The number of benzene rings is 1. The number of nitrogens with zero attached hydrogens (tertiary/aromatic N) is 2. The maximum atomic E-state index is 12.0. The summed E-state index contributed by atoms with van der Waals surface area (Å²) in [5.74, 6) is -0.0875. The van der Waals surface area contributed by atoms with Crippen molar-refractivity contribution in [3.63, 3.8) is 0 Å². The maximum Gasteiger partial charge on any atom is 0.373 e. The summed E-state index contributed by atoms with van der Waals surface area (Å²) in [6, 6.07) is 13.3. The Hall–Kier alpha value is -2.86. The third-order valence-electron chi connectivity index (χ3n) is 3.37. The highest BCUT2D eigenvalue weighted by Gasteiger charge is 2.13. The van der Waals surface area contributed by atoms with Crippen molar-refractivity contribution >= 4 is 17.6 Å². The second kappa shape index (κ2) is 6.72. The van der Waals surface area contributed by atoms with Gasteiger partial charge in [-0.1, -0.05) is 29.8 Å². The largest absolute Gasteiger partial charge is 0.463 e. The van der Waals surface area contributed by atoms with E-state index in [4.69, 9.17) is 16.0 Å². The van der Waals surface area contributed by atoms with Crippen molar-refractivity contribution < 1.29 is 13.9 Å². The molecule has 2 aromatic heterocycles. The summed E-state index contributed by atoms with van der Waals surface area (Å²) in [4.78, 5) is 23.4. The number of hydrogen-bond acceptors (Lipinski definition) is 5. The summed E-state index contributed by atoms with van der Waals surface area (Å²) in [5.41, 5.74) is 1.00. The van der Waals surface area contributed by atoms with Gasteiger partial charge >= 0.3 is 5.97 Å². The molecule has 2 heterocycles. The van der Waals surface area contributed by atoms with E-state index >= 15 is 0 Å². The standard InChI is InChI=1S/C17H13ClN2O4/c1-23-17(22)15-8-6-11(24-15)10-20-16(21)9-7-14(19-20)12-4-2-3-5-13(12)18/h2-9H,10H2,1H3. The van der Waals surface area contributed by atoms with Crippen LogP contribution in [0.15, 0.2) is 57.7 Å². The number of halogens is 1. The molecule has 0 spiro atoms. The van der Waals surface area contributed by atoms with Gasteiger partial charge in [0, 0.05) is 11.6 Å². The molecule has 0 unspecified atom stereocenters. The molecule has 0 aliphatic rings. The van der Waals surface area contributed by atoms with E-state index in [2.05, 4.69) is 9.84 Å². The van der Waals surface area contributed by atoms with Gasteiger partial charge in [0.05, 0.1) is 17.8 Å². The highest BCUT2D eigenvalue weighted by atomic mass is 35.5. The predicted octanol–water partition coefficient (Wildman–Crippen LogP) is 2.99. The first-order valence-electron chi connectivity index (χ1n) is 7.08. The first kappa shape index (κ1) is 16.0. The lowest BCUT2D eigenvalue weighted by Crippen LogP contribution is -2.22. The lowest BCUT2D eigenvalue weighted by atomic mass is 10.1. The molecule has 3 rings (SSSR count). The van der Waals surface area contributed by atoms with Crippen LogP contribution in [0.4, 0.5) is 0 Å². The van der Waals surface area contributed by atoms with Gasteiger partial charge in [-0.15, -0.1) is 0 Å². The zero-order valence-electron chi connectivity index (χ0n) is 12.7. The van der Waals surface area contributed by atoms with E-state index in [0.29, 0.717) is 16.5 Å². The molecule has 0 atom stereocenters. The van der Waals surface area contributed by atoms with Gasteiger partial charge in [0.25, 0.3) is 5.56 Å². The fourth-order valence-electron chi connectivity index (χ4n) is 2.20. The van der Waals surface area contributed by atoms with E-state index in [-0.39, 0.29) is 17.9 Å². The molecule has 0 saturated carbocycles. The minimum Gasteiger partial charge on any atom is -0.463 e. The minimum absolute atomic E-state index is 0.0720. The Balaban J connectivity index is 1.93. The Bertz CT molecular complexity index is 946. The first-order chi connectivity index (χ1) is 11.6. The SMILES string of the molecule is COC(=O)c1ccc(Cn2nc(-c3ccccc3Cl)ccc2=O)o1. The topological polar surface area (TPSA) is 74.3 Å². The number of rotatable bonds is 4. The summed E-state index contributed by atoms with van der Waals surface area (Å²) < 4.78 is 11.2. The average molecular weight is 345 g/mol. The third kappa shape index (κ3) is 3.23. The quantitative estimate of drug-likeness (QED) is 0.680. The molecular formula is C17H13ClN2O4. The molecule has 0 N–H and O–H groups in total. The summed E-state index contributed by atoms with van der Waals surface area (Å²) in [5, 5.41) is 4.86. The Morgan fingerprint density at radius 2 is 2.00 bits per heavy atom. The van der Waals surface area contributed by atoms with Crippen LogP contribution in [-0.2, 0) is 11.3 Å². The van der Waals surface area contributed by atoms with Crippen LogP contribution in [0.5, 0.6) is 0 Å². The molecule has 24 heavy (non-hydrogen) atoms. The number of methoxy groups -OCH3 is 1. The second-order valence-electron chi connectivity index (χ2n) is 4.95. The predicted molar refractivity (Wildman–Crippen MR) is 88.1 cm³/mol. The minimum atomic E-state index is -0.577. The third-order valence-corrected chi connectivity index (χ3v) is 3.70. The number of hydrogen-bond donors (Lipinski definition) is 0. The highest BCUT2D eigenvalue weighted by molar-refractivity contribution is 6.33. The van der Waals surface area contributed by atoms with Gasteiger partial charge in [-0.3, -0.25) is 4.79 Å². The molecule has 6 nitrogen and oxygen atoms in total. The molecule has 0 radical (unpaired) electrons. The fourth-order valence-corrected chi connectivity index (χ4v) is 2.43. The van der Waals surface area contributed by atoms with Crippen LogP contribution >= 0.6 is 11.6 Å². The Morgan fingerprint density at radius 3 is 2.75 bits per heavy atom. The smallest absolute Gasteiger partial charge is 0.373 e. The number of aromatic nitrogens is 2. The van der Waals surface area contributed by atoms with Gasteiger partial charge in [0.1, 0.15) is 12.3 Å². The zero-order chi connectivity index (χ0) is 17.1. The van der Waals surface area contributed by atoms with Gasteiger partial charge in [0.15, 0.2) is 0 Å². The van der Waals surface area contributed by atoms with Crippen molar-refractivity contribution in [2.24, 2.45) is 0 Å². The molecule has 0 aliphatic heterocycles. The van der Waals surface area contributed by atoms with Crippen LogP contribution < -0.4 is 5.56 Å². The summed E-state index contributed by atoms with van der Waals surface area (Å²) in [7, 11) is 1.27. The van der Waals surface area contributed by atoms with E-state index in [1.54, 1.807) is 18.2 Å². The van der Waals surface area contributed by atoms with Crippen molar-refractivity contribution in [2.75, 3.05) is 7.11 Å². The molecule has 122 valence electrons. The molecule has 7 heteroatoms. The van der Waals surface area contributed by atoms with Gasteiger partial charge in [-0.25, -0.2) is 9.48 Å². The number of carbonyl (C=O) groups is 1. The maximum absolute atomic E-state index is 12.0. The normalized spacial score (nSPS) is 10.6. The van der Waals surface area contributed by atoms with E-state index in [1.165, 1.54) is 23.9 Å². The summed E-state index contributed by atoms with van der Waals surface area (Å²) in [6.45, 7) is 0.0914. The van der Waals surface area contributed by atoms with Crippen molar-refractivity contribution in [3.8, 4) is 11.3 Å². The molecule has 0 saturated heterocycles. The molecule has 0 amide bonds. The van der Waals surface area contributed by atoms with Crippen LogP contribution in [0, 0.1) is 0 Å². The zero-order valence-corrected chi connectivity index (χ0v) is 13.5. The molecule has 1 aromatic carbocycles. The van der Waals surface area contributed by atoms with Crippen LogP contribution in [0.1, 0.15) is 16.3 Å². The Morgan fingerprint density at radius 1 is 1.21 bits per heavy atom. The Kier molecular flexibility index (Phi) is 4.48. The number of furan rings is 1. The van der Waals surface area contributed by atoms with Crippen LogP contribution in [-0.4, -0.2) is 22.9 Å². The monoisotopic (exact) mass is 344 g/mol. The van der Waals surface area contributed by atoms with E-state index in [9.17, 15) is 9.59 Å². The van der Waals surface area contributed by atoms with Gasteiger partial charge in [0.2, 0.25) is 5.76 Å². The lowest BCUT2D eigenvalue weighted by Gasteiger charge is -2.07. The van der Waals surface area contributed by atoms with Crippen molar-refractivity contribution in [2.45, 2.75) is 6.54 Å². The van der Waals surface area contributed by atoms with Gasteiger partial charge in [-0.05, 0) is 24.3 Å².